The molecular formula is C54H98NO10P. The minimum absolute atomic E-state index is 0.147. The molecule has 0 rings (SSSR count). The van der Waals surface area contributed by atoms with Crippen molar-refractivity contribution in [2.75, 3.05) is 19.8 Å². The number of phosphoric ester groups is 1. The minimum atomic E-state index is -4.77. The lowest BCUT2D eigenvalue weighted by atomic mass is 10.0. The number of ether oxygens (including phenoxy) is 1. The van der Waals surface area contributed by atoms with Crippen molar-refractivity contribution in [3.8, 4) is 0 Å². The zero-order valence-electron chi connectivity index (χ0n) is 42.0. The quantitative estimate of drug-likeness (QED) is 0.0199. The van der Waals surface area contributed by atoms with E-state index in [0.717, 1.165) is 70.6 Å². The molecule has 0 saturated heterocycles. The van der Waals surface area contributed by atoms with Crippen molar-refractivity contribution in [1.82, 2.24) is 5.32 Å². The van der Waals surface area contributed by atoms with Crippen LogP contribution in [0, 0.1) is 0 Å². The topological polar surface area (TPSA) is 169 Å². The molecule has 0 saturated carbocycles. The lowest BCUT2D eigenvalue weighted by Gasteiger charge is -2.18. The van der Waals surface area contributed by atoms with Crippen LogP contribution < -0.4 is 5.32 Å². The van der Waals surface area contributed by atoms with Gasteiger partial charge in [-0.3, -0.25) is 18.6 Å². The SMILES string of the molecule is CCCCC/C=C\C/C=C\C/C=C\C/C=C\CCCCCCCC(=O)OCC(O)COP(=O)(O)OCC(NC(=O)CCCCCCCCCCCCCCCCCCCCCCC)C(=O)O. The van der Waals surface area contributed by atoms with Crippen molar-refractivity contribution >= 4 is 25.7 Å². The summed E-state index contributed by atoms with van der Waals surface area (Å²) in [6, 6.07) is -1.55. The van der Waals surface area contributed by atoms with Gasteiger partial charge in [0.2, 0.25) is 5.91 Å². The van der Waals surface area contributed by atoms with Crippen molar-refractivity contribution < 1.29 is 47.8 Å². The molecule has 0 fully saturated rings. The summed E-state index contributed by atoms with van der Waals surface area (Å²) in [7, 11) is -4.77. The molecule has 0 aromatic rings. The lowest BCUT2D eigenvalue weighted by Crippen LogP contribution is -2.43. The monoisotopic (exact) mass is 952 g/mol. The molecule has 0 aromatic heterocycles. The summed E-state index contributed by atoms with van der Waals surface area (Å²) in [4.78, 5) is 46.2. The van der Waals surface area contributed by atoms with Gasteiger partial charge in [0.15, 0.2) is 6.04 Å². The standard InChI is InChI=1S/C54H98NO10P/c1-3-5-7-9-11-13-15-17-19-21-23-25-27-29-31-33-35-37-39-41-43-45-52(57)55-51(54(59)60)49-65-66(61,62)64-48-50(56)47-63-53(58)46-44-42-40-38-36-34-32-30-28-26-24-22-20-18-16-14-12-10-8-6-4-2/h12,14,18,20,24,26,30,32,50-51,56H,3-11,13,15-17,19,21-23,25,27-29,31,33-49H2,1-2H3,(H,55,57)(H,59,60)(H,61,62)/b14-12-,20-18-,26-24-,32-30-. The maximum absolute atomic E-state index is 12.4. The zero-order valence-corrected chi connectivity index (χ0v) is 42.9. The molecule has 0 aromatic carbocycles. The van der Waals surface area contributed by atoms with E-state index in [1.165, 1.54) is 135 Å². The van der Waals surface area contributed by atoms with Crippen LogP contribution >= 0.6 is 7.82 Å². The maximum Gasteiger partial charge on any atom is 0.472 e. The Morgan fingerprint density at radius 3 is 1.27 bits per heavy atom. The molecule has 0 radical (unpaired) electrons. The number of aliphatic hydroxyl groups excluding tert-OH is 1. The number of aliphatic hydroxyl groups is 1. The number of hydrogen-bond donors (Lipinski definition) is 4. The highest BCUT2D eigenvalue weighted by Gasteiger charge is 2.28. The number of carboxylic acids is 1. The highest BCUT2D eigenvalue weighted by Crippen LogP contribution is 2.43. The van der Waals surface area contributed by atoms with Gasteiger partial charge < -0.3 is 25.2 Å². The van der Waals surface area contributed by atoms with Gasteiger partial charge in [0.1, 0.15) is 12.7 Å². The first kappa shape index (κ1) is 63.4. The summed E-state index contributed by atoms with van der Waals surface area (Å²) < 4.78 is 27.0. The van der Waals surface area contributed by atoms with E-state index in [1.807, 2.05) is 0 Å². The number of unbranched alkanes of at least 4 members (excludes halogenated alkanes) is 28. The summed E-state index contributed by atoms with van der Waals surface area (Å²) in [6.45, 7) is 2.59. The van der Waals surface area contributed by atoms with Gasteiger partial charge in [0.05, 0.1) is 13.2 Å². The molecule has 11 nitrogen and oxygen atoms in total. The zero-order chi connectivity index (χ0) is 48.4. The molecule has 0 aliphatic carbocycles. The predicted octanol–water partition coefficient (Wildman–Crippen LogP) is 14.9. The van der Waals surface area contributed by atoms with E-state index in [0.29, 0.717) is 12.8 Å². The Hall–Kier alpha value is -2.56. The summed E-state index contributed by atoms with van der Waals surface area (Å²) >= 11 is 0. The van der Waals surface area contributed by atoms with E-state index >= 15 is 0 Å². The molecule has 0 spiro atoms. The third-order valence-electron chi connectivity index (χ3n) is 11.6. The Bertz CT molecular complexity index is 1300. The molecule has 1 amide bonds. The fraction of sp³-hybridized carbons (Fsp3) is 0.796. The average molecular weight is 952 g/mol. The van der Waals surface area contributed by atoms with Gasteiger partial charge in [-0.2, -0.15) is 0 Å². The second kappa shape index (κ2) is 48.9. The van der Waals surface area contributed by atoms with Crippen LogP contribution in [0.1, 0.15) is 245 Å². The smallest absolute Gasteiger partial charge is 0.472 e. The minimum Gasteiger partial charge on any atom is -0.480 e. The van der Waals surface area contributed by atoms with Crippen LogP contribution in [0.5, 0.6) is 0 Å². The lowest BCUT2D eigenvalue weighted by molar-refractivity contribution is -0.147. The van der Waals surface area contributed by atoms with Crippen LogP contribution in [0.3, 0.4) is 0 Å². The Balaban J connectivity index is 3.83. The Morgan fingerprint density at radius 2 is 0.833 bits per heavy atom. The normalized spacial score (nSPS) is 13.9. The Labute approximate surface area is 403 Å². The Kier molecular flexibility index (Phi) is 47.0. The number of carbonyl (C=O) groups excluding carboxylic acids is 2. The van der Waals surface area contributed by atoms with E-state index in [9.17, 15) is 34.1 Å². The number of hydrogen-bond acceptors (Lipinski definition) is 8. The summed E-state index contributed by atoms with van der Waals surface area (Å²) in [6.07, 6.45) is 57.0. The number of phosphoric acid groups is 1. The van der Waals surface area contributed by atoms with Gasteiger partial charge in [-0.25, -0.2) is 9.36 Å². The summed E-state index contributed by atoms with van der Waals surface area (Å²) in [5.74, 6) is -2.38. The summed E-state index contributed by atoms with van der Waals surface area (Å²) in [5.41, 5.74) is 0. The molecule has 384 valence electrons. The molecule has 0 aliphatic rings. The second-order valence-corrected chi connectivity index (χ2v) is 19.5. The largest absolute Gasteiger partial charge is 0.480 e. The third kappa shape index (κ3) is 47.9. The molecule has 0 aliphatic heterocycles. The fourth-order valence-corrected chi connectivity index (χ4v) is 8.25. The molecule has 0 bridgehead atoms. The number of carboxylic acid groups (broad SMARTS) is 1. The first-order valence-corrected chi connectivity index (χ1v) is 28.2. The van der Waals surface area contributed by atoms with Crippen LogP contribution in [-0.4, -0.2) is 64.9 Å². The van der Waals surface area contributed by atoms with Gasteiger partial charge in [0.25, 0.3) is 0 Å². The number of carbonyl (C=O) groups is 3. The molecule has 66 heavy (non-hydrogen) atoms. The highest BCUT2D eigenvalue weighted by molar-refractivity contribution is 7.47. The molecule has 3 unspecified atom stereocenters. The second-order valence-electron chi connectivity index (χ2n) is 18.1. The van der Waals surface area contributed by atoms with Crippen LogP contribution in [-0.2, 0) is 32.7 Å². The van der Waals surface area contributed by atoms with Crippen molar-refractivity contribution in [2.24, 2.45) is 0 Å². The van der Waals surface area contributed by atoms with E-state index in [1.54, 1.807) is 0 Å². The molecular weight excluding hydrogens is 854 g/mol. The van der Waals surface area contributed by atoms with Crippen molar-refractivity contribution in [3.63, 3.8) is 0 Å². The number of esters is 1. The number of allylic oxidation sites excluding steroid dienone is 8. The van der Waals surface area contributed by atoms with Crippen LogP contribution in [0.4, 0.5) is 0 Å². The van der Waals surface area contributed by atoms with Crippen LogP contribution in [0.2, 0.25) is 0 Å². The first-order valence-electron chi connectivity index (χ1n) is 26.7. The number of nitrogens with one attached hydrogen (secondary N) is 1. The van der Waals surface area contributed by atoms with Crippen molar-refractivity contribution in [2.45, 2.75) is 257 Å². The Morgan fingerprint density at radius 1 is 0.485 bits per heavy atom. The van der Waals surface area contributed by atoms with Crippen molar-refractivity contribution in [3.05, 3.63) is 48.6 Å². The van der Waals surface area contributed by atoms with Crippen LogP contribution in [0.25, 0.3) is 0 Å². The van der Waals surface area contributed by atoms with E-state index in [2.05, 4.69) is 67.8 Å². The van der Waals surface area contributed by atoms with E-state index in [-0.39, 0.29) is 12.8 Å². The highest BCUT2D eigenvalue weighted by atomic mass is 31.2. The first-order chi connectivity index (χ1) is 32.1. The molecule has 4 N–H and O–H groups in total. The molecule has 0 heterocycles. The number of rotatable bonds is 50. The van der Waals surface area contributed by atoms with Gasteiger partial charge in [-0.15, -0.1) is 0 Å². The average Bonchev–Trinajstić information content (AvgIpc) is 3.29. The summed E-state index contributed by atoms with van der Waals surface area (Å²) in [5, 5.41) is 21.9. The van der Waals surface area contributed by atoms with Crippen LogP contribution in [0.15, 0.2) is 48.6 Å². The van der Waals surface area contributed by atoms with E-state index < -0.39 is 57.6 Å². The van der Waals surface area contributed by atoms with Crippen molar-refractivity contribution in [1.29, 1.82) is 0 Å². The maximum atomic E-state index is 12.4. The van der Waals surface area contributed by atoms with E-state index in [4.69, 9.17) is 13.8 Å². The number of aliphatic carboxylic acids is 1. The van der Waals surface area contributed by atoms with Gasteiger partial charge in [0, 0.05) is 12.8 Å². The molecule has 3 atom stereocenters. The molecule has 12 heteroatoms. The predicted molar refractivity (Wildman–Crippen MR) is 272 cm³/mol. The number of amides is 1. The third-order valence-corrected chi connectivity index (χ3v) is 12.6. The van der Waals surface area contributed by atoms with Gasteiger partial charge >= 0.3 is 19.8 Å². The van der Waals surface area contributed by atoms with Gasteiger partial charge in [-0.1, -0.05) is 223 Å². The van der Waals surface area contributed by atoms with Gasteiger partial charge in [-0.05, 0) is 57.8 Å². The fourth-order valence-electron chi connectivity index (χ4n) is 7.48.